The highest BCUT2D eigenvalue weighted by molar-refractivity contribution is 8.00. The van der Waals surface area contributed by atoms with E-state index in [1.165, 1.54) is 17.3 Å². The highest BCUT2D eigenvalue weighted by Crippen LogP contribution is 2.28. The Bertz CT molecular complexity index is 1000. The van der Waals surface area contributed by atoms with Crippen molar-refractivity contribution in [2.75, 3.05) is 5.32 Å². The molecule has 6 heteroatoms. The van der Waals surface area contributed by atoms with Gasteiger partial charge in [0.05, 0.1) is 10.9 Å². The second kappa shape index (κ2) is 8.41. The molecular weight excluding hydrogens is 380 g/mol. The summed E-state index contributed by atoms with van der Waals surface area (Å²) in [4.78, 5) is 12.7. The third-order valence-corrected chi connectivity index (χ3v) is 5.86. The Balaban J connectivity index is 1.73. The number of para-hydroxylation sites is 1. The number of rotatable bonds is 5. The topological polar surface area (TPSA) is 59.8 Å². The molecule has 0 saturated heterocycles. The molecule has 152 valence electrons. The Kier molecular flexibility index (Phi) is 6.13. The van der Waals surface area contributed by atoms with E-state index in [2.05, 4.69) is 61.4 Å². The Morgan fingerprint density at radius 3 is 2.31 bits per heavy atom. The van der Waals surface area contributed by atoms with Gasteiger partial charge in [-0.15, -0.1) is 10.2 Å². The third-order valence-electron chi connectivity index (χ3n) is 4.82. The molecule has 0 fully saturated rings. The second-order valence-electron chi connectivity index (χ2n) is 8.23. The maximum Gasteiger partial charge on any atom is 0.237 e. The summed E-state index contributed by atoms with van der Waals surface area (Å²) in [5.41, 5.74) is 4.28. The van der Waals surface area contributed by atoms with Crippen LogP contribution in [-0.2, 0) is 10.2 Å². The number of aromatic nitrogens is 3. The molecule has 2 aromatic carbocycles. The molecule has 29 heavy (non-hydrogen) atoms. The van der Waals surface area contributed by atoms with Crippen molar-refractivity contribution in [3.8, 4) is 5.69 Å². The maximum absolute atomic E-state index is 12.7. The Hall–Kier alpha value is -2.60. The highest BCUT2D eigenvalue weighted by Gasteiger charge is 2.21. The molecule has 0 saturated carbocycles. The van der Waals surface area contributed by atoms with Crippen LogP contribution in [0.5, 0.6) is 0 Å². The first kappa shape index (κ1) is 21.1. The fraction of sp³-hybridized carbons (Fsp3) is 0.348. The minimum atomic E-state index is -0.316. The predicted octanol–water partition coefficient (Wildman–Crippen LogP) is 5.30. The van der Waals surface area contributed by atoms with Crippen LogP contribution in [0.4, 0.5) is 5.69 Å². The summed E-state index contributed by atoms with van der Waals surface area (Å²) < 4.78 is 2.00. The number of hydrogen-bond acceptors (Lipinski definition) is 4. The van der Waals surface area contributed by atoms with Crippen LogP contribution in [0.1, 0.15) is 44.6 Å². The maximum atomic E-state index is 12.7. The van der Waals surface area contributed by atoms with Crippen LogP contribution in [0.25, 0.3) is 5.69 Å². The first-order valence-corrected chi connectivity index (χ1v) is 10.6. The first-order valence-electron chi connectivity index (χ1n) is 9.73. The van der Waals surface area contributed by atoms with E-state index in [0.717, 1.165) is 22.8 Å². The van der Waals surface area contributed by atoms with Crippen molar-refractivity contribution >= 4 is 23.4 Å². The molecular formula is C23H28N4OS. The molecule has 0 radical (unpaired) electrons. The summed E-state index contributed by atoms with van der Waals surface area (Å²) in [5, 5.41) is 11.9. The lowest BCUT2D eigenvalue weighted by atomic mass is 9.87. The van der Waals surface area contributed by atoms with Crippen LogP contribution in [0.2, 0.25) is 0 Å². The van der Waals surface area contributed by atoms with Gasteiger partial charge in [0.1, 0.15) is 5.82 Å². The average Bonchev–Trinajstić information content (AvgIpc) is 3.02. The van der Waals surface area contributed by atoms with Crippen LogP contribution >= 0.6 is 11.8 Å². The van der Waals surface area contributed by atoms with Gasteiger partial charge in [-0.2, -0.15) is 0 Å². The SMILES string of the molecule is Cc1ccccc1-n1c(C)nnc1SC(C)C(=O)Nc1ccc(C(C)(C)C)cc1. The van der Waals surface area contributed by atoms with Crippen molar-refractivity contribution in [1.82, 2.24) is 14.8 Å². The predicted molar refractivity (Wildman–Crippen MR) is 120 cm³/mol. The Labute approximate surface area is 176 Å². The molecule has 0 aliphatic carbocycles. The zero-order chi connectivity index (χ0) is 21.2. The molecule has 1 unspecified atom stereocenters. The first-order chi connectivity index (χ1) is 13.7. The number of thioether (sulfide) groups is 1. The molecule has 3 rings (SSSR count). The van der Waals surface area contributed by atoms with E-state index in [9.17, 15) is 4.79 Å². The fourth-order valence-electron chi connectivity index (χ4n) is 3.02. The lowest BCUT2D eigenvalue weighted by molar-refractivity contribution is -0.115. The number of carbonyl (C=O) groups is 1. The lowest BCUT2D eigenvalue weighted by Crippen LogP contribution is -2.23. The summed E-state index contributed by atoms with van der Waals surface area (Å²) in [6.07, 6.45) is 0. The zero-order valence-corrected chi connectivity index (χ0v) is 18.7. The standard InChI is InChI=1S/C23H28N4OS/c1-15-9-7-8-10-20(15)27-17(3)25-26-22(27)29-16(2)21(28)24-19-13-11-18(12-14-19)23(4,5)6/h7-14,16H,1-6H3,(H,24,28). The van der Waals surface area contributed by atoms with Gasteiger partial charge >= 0.3 is 0 Å². The average molecular weight is 409 g/mol. The molecule has 0 bridgehead atoms. The van der Waals surface area contributed by atoms with Crippen LogP contribution in [0.3, 0.4) is 0 Å². The largest absolute Gasteiger partial charge is 0.325 e. The van der Waals surface area contributed by atoms with E-state index in [0.29, 0.717) is 5.16 Å². The van der Waals surface area contributed by atoms with Crippen molar-refractivity contribution < 1.29 is 4.79 Å². The summed E-state index contributed by atoms with van der Waals surface area (Å²) in [5.74, 6) is 0.739. The van der Waals surface area contributed by atoms with Crippen molar-refractivity contribution in [2.45, 2.75) is 57.4 Å². The molecule has 1 N–H and O–H groups in total. The number of carbonyl (C=O) groups excluding carboxylic acids is 1. The summed E-state index contributed by atoms with van der Waals surface area (Å²) in [6.45, 7) is 12.4. The summed E-state index contributed by atoms with van der Waals surface area (Å²) >= 11 is 1.41. The molecule has 0 spiro atoms. The second-order valence-corrected chi connectivity index (χ2v) is 9.54. The van der Waals surface area contributed by atoms with Crippen molar-refractivity contribution in [3.63, 3.8) is 0 Å². The molecule has 1 aromatic heterocycles. The van der Waals surface area contributed by atoms with Crippen molar-refractivity contribution in [3.05, 3.63) is 65.5 Å². The van der Waals surface area contributed by atoms with E-state index < -0.39 is 0 Å². The number of amides is 1. The minimum absolute atomic E-state index is 0.0597. The molecule has 0 aliphatic heterocycles. The minimum Gasteiger partial charge on any atom is -0.325 e. The van der Waals surface area contributed by atoms with Gasteiger partial charge in [-0.05, 0) is 55.5 Å². The number of anilines is 1. The molecule has 1 amide bonds. The van der Waals surface area contributed by atoms with Gasteiger partial charge < -0.3 is 5.32 Å². The van der Waals surface area contributed by atoms with Gasteiger partial charge in [0.2, 0.25) is 5.91 Å². The van der Waals surface area contributed by atoms with Gasteiger partial charge in [-0.25, -0.2) is 0 Å². The lowest BCUT2D eigenvalue weighted by Gasteiger charge is -2.19. The Morgan fingerprint density at radius 1 is 1.03 bits per heavy atom. The fourth-order valence-corrected chi connectivity index (χ4v) is 3.93. The molecule has 0 aliphatic rings. The van der Waals surface area contributed by atoms with Gasteiger partial charge in [-0.3, -0.25) is 9.36 Å². The monoisotopic (exact) mass is 408 g/mol. The third kappa shape index (κ3) is 4.88. The number of hydrogen-bond donors (Lipinski definition) is 1. The molecule has 1 atom stereocenters. The number of nitrogens with zero attached hydrogens (tertiary/aromatic N) is 3. The van der Waals surface area contributed by atoms with E-state index in [1.807, 2.05) is 48.7 Å². The Morgan fingerprint density at radius 2 is 1.69 bits per heavy atom. The van der Waals surface area contributed by atoms with E-state index in [1.54, 1.807) is 0 Å². The van der Waals surface area contributed by atoms with Gasteiger partial charge in [0.25, 0.3) is 0 Å². The van der Waals surface area contributed by atoms with E-state index >= 15 is 0 Å². The molecule has 3 aromatic rings. The number of nitrogens with one attached hydrogen (secondary N) is 1. The number of aryl methyl sites for hydroxylation is 2. The quantitative estimate of drug-likeness (QED) is 0.582. The van der Waals surface area contributed by atoms with Crippen molar-refractivity contribution in [2.24, 2.45) is 0 Å². The zero-order valence-electron chi connectivity index (χ0n) is 17.9. The van der Waals surface area contributed by atoms with E-state index in [-0.39, 0.29) is 16.6 Å². The van der Waals surface area contributed by atoms with Gasteiger partial charge in [0.15, 0.2) is 5.16 Å². The molecule has 5 nitrogen and oxygen atoms in total. The van der Waals surface area contributed by atoms with Gasteiger partial charge in [0, 0.05) is 5.69 Å². The van der Waals surface area contributed by atoms with Crippen LogP contribution < -0.4 is 5.32 Å². The van der Waals surface area contributed by atoms with Crippen LogP contribution in [0, 0.1) is 13.8 Å². The van der Waals surface area contributed by atoms with Crippen molar-refractivity contribution in [1.29, 1.82) is 0 Å². The highest BCUT2D eigenvalue weighted by atomic mass is 32.2. The normalized spacial score (nSPS) is 12.6. The molecule has 1 heterocycles. The van der Waals surface area contributed by atoms with E-state index in [4.69, 9.17) is 0 Å². The number of benzene rings is 2. The smallest absolute Gasteiger partial charge is 0.237 e. The van der Waals surface area contributed by atoms with Crippen LogP contribution in [-0.4, -0.2) is 25.9 Å². The van der Waals surface area contributed by atoms with Gasteiger partial charge in [-0.1, -0.05) is 62.9 Å². The summed E-state index contributed by atoms with van der Waals surface area (Å²) in [7, 11) is 0. The van der Waals surface area contributed by atoms with Crippen LogP contribution in [0.15, 0.2) is 53.7 Å². The summed E-state index contributed by atoms with van der Waals surface area (Å²) in [6, 6.07) is 16.1.